The third-order valence-electron chi connectivity index (χ3n) is 2.20. The number of ether oxygens (including phenoxy) is 2. The van der Waals surface area contributed by atoms with Gasteiger partial charge in [-0.25, -0.2) is 4.98 Å². The van der Waals surface area contributed by atoms with Crippen molar-refractivity contribution >= 4 is 28.5 Å². The largest absolute Gasteiger partial charge is 0.497 e. The Balaban J connectivity index is 2.65. The highest BCUT2D eigenvalue weighted by molar-refractivity contribution is 6.30. The standard InChI is InChI=1S/C12H10ClNO3/c1-7(15)17-11-6-12(13)14-10-4-3-8(16-2)5-9(10)11/h3-6H,1-2H3. The normalized spacial score (nSPS) is 10.3. The van der Waals surface area contributed by atoms with Gasteiger partial charge in [-0.15, -0.1) is 0 Å². The number of carbonyl (C=O) groups is 1. The summed E-state index contributed by atoms with van der Waals surface area (Å²) in [5.41, 5.74) is 0.648. The molecule has 0 aliphatic heterocycles. The maximum absolute atomic E-state index is 11.0. The summed E-state index contributed by atoms with van der Waals surface area (Å²) in [6.45, 7) is 1.33. The summed E-state index contributed by atoms with van der Waals surface area (Å²) in [6, 6.07) is 6.78. The lowest BCUT2D eigenvalue weighted by Crippen LogP contribution is -2.02. The minimum atomic E-state index is -0.406. The first-order valence-corrected chi connectivity index (χ1v) is 5.30. The first-order chi connectivity index (χ1) is 8.10. The average molecular weight is 252 g/mol. The third-order valence-corrected chi connectivity index (χ3v) is 2.39. The van der Waals surface area contributed by atoms with Crippen molar-refractivity contribution in [2.75, 3.05) is 7.11 Å². The monoisotopic (exact) mass is 251 g/mol. The zero-order valence-electron chi connectivity index (χ0n) is 9.36. The second-order valence-electron chi connectivity index (χ2n) is 3.42. The van der Waals surface area contributed by atoms with Crippen molar-refractivity contribution < 1.29 is 14.3 Å². The van der Waals surface area contributed by atoms with E-state index in [9.17, 15) is 4.79 Å². The van der Waals surface area contributed by atoms with Crippen LogP contribution in [0, 0.1) is 0 Å². The van der Waals surface area contributed by atoms with Crippen molar-refractivity contribution in [1.29, 1.82) is 0 Å². The lowest BCUT2D eigenvalue weighted by molar-refractivity contribution is -0.131. The van der Waals surface area contributed by atoms with Gasteiger partial charge in [0, 0.05) is 18.4 Å². The Hall–Kier alpha value is -1.81. The molecular weight excluding hydrogens is 242 g/mol. The molecule has 0 bridgehead atoms. The molecule has 0 saturated heterocycles. The van der Waals surface area contributed by atoms with Gasteiger partial charge in [0.1, 0.15) is 16.7 Å². The van der Waals surface area contributed by atoms with E-state index in [4.69, 9.17) is 21.1 Å². The summed E-state index contributed by atoms with van der Waals surface area (Å²) < 4.78 is 10.2. The van der Waals surface area contributed by atoms with Crippen LogP contribution in [-0.4, -0.2) is 18.1 Å². The first-order valence-electron chi connectivity index (χ1n) is 4.93. The van der Waals surface area contributed by atoms with Gasteiger partial charge in [0.15, 0.2) is 0 Å². The van der Waals surface area contributed by atoms with Crippen molar-refractivity contribution in [3.63, 3.8) is 0 Å². The minimum absolute atomic E-state index is 0.277. The fourth-order valence-electron chi connectivity index (χ4n) is 1.51. The third kappa shape index (κ3) is 2.47. The van der Waals surface area contributed by atoms with Crippen molar-refractivity contribution in [1.82, 2.24) is 4.98 Å². The van der Waals surface area contributed by atoms with E-state index < -0.39 is 5.97 Å². The van der Waals surface area contributed by atoms with Crippen LogP contribution in [0.5, 0.6) is 11.5 Å². The molecule has 5 heteroatoms. The van der Waals surface area contributed by atoms with Gasteiger partial charge in [-0.2, -0.15) is 0 Å². The van der Waals surface area contributed by atoms with Crippen molar-refractivity contribution in [2.45, 2.75) is 6.92 Å². The fourth-order valence-corrected chi connectivity index (χ4v) is 1.70. The van der Waals surface area contributed by atoms with E-state index in [0.29, 0.717) is 22.4 Å². The van der Waals surface area contributed by atoms with Gasteiger partial charge >= 0.3 is 5.97 Å². The molecule has 0 radical (unpaired) electrons. The van der Waals surface area contributed by atoms with Crippen LogP contribution < -0.4 is 9.47 Å². The molecule has 2 rings (SSSR count). The highest BCUT2D eigenvalue weighted by atomic mass is 35.5. The number of carbonyl (C=O) groups excluding carboxylic acids is 1. The molecule has 0 atom stereocenters. The number of methoxy groups -OCH3 is 1. The maximum Gasteiger partial charge on any atom is 0.308 e. The van der Waals surface area contributed by atoms with Crippen LogP contribution in [0.3, 0.4) is 0 Å². The predicted molar refractivity (Wildman–Crippen MR) is 64.6 cm³/mol. The Morgan fingerprint density at radius 1 is 1.35 bits per heavy atom. The van der Waals surface area contributed by atoms with Crippen LogP contribution in [0.15, 0.2) is 24.3 Å². The molecule has 4 nitrogen and oxygen atoms in total. The highest BCUT2D eigenvalue weighted by Gasteiger charge is 2.09. The molecule has 0 amide bonds. The number of hydrogen-bond donors (Lipinski definition) is 0. The van der Waals surface area contributed by atoms with Crippen LogP contribution in [0.1, 0.15) is 6.92 Å². The second-order valence-corrected chi connectivity index (χ2v) is 3.81. The van der Waals surface area contributed by atoms with Gasteiger partial charge in [0.2, 0.25) is 0 Å². The second kappa shape index (κ2) is 4.59. The molecule has 88 valence electrons. The Bertz CT molecular complexity index is 583. The Labute approximate surface area is 103 Å². The van der Waals surface area contributed by atoms with E-state index in [1.165, 1.54) is 13.0 Å². The quantitative estimate of drug-likeness (QED) is 0.608. The van der Waals surface area contributed by atoms with E-state index in [-0.39, 0.29) is 5.15 Å². The Kier molecular flexibility index (Phi) is 3.15. The van der Waals surface area contributed by atoms with Crippen molar-refractivity contribution in [3.05, 3.63) is 29.4 Å². The first kappa shape index (κ1) is 11.7. The van der Waals surface area contributed by atoms with Crippen LogP contribution >= 0.6 is 11.6 Å². The van der Waals surface area contributed by atoms with Gasteiger partial charge in [-0.3, -0.25) is 4.79 Å². The van der Waals surface area contributed by atoms with Gasteiger partial charge in [0.25, 0.3) is 0 Å². The highest BCUT2D eigenvalue weighted by Crippen LogP contribution is 2.30. The molecule has 0 unspecified atom stereocenters. The summed E-state index contributed by atoms with van der Waals surface area (Å²) in [4.78, 5) is 15.1. The summed E-state index contributed by atoms with van der Waals surface area (Å²) in [5.74, 6) is 0.637. The van der Waals surface area contributed by atoms with E-state index in [2.05, 4.69) is 4.98 Å². The minimum Gasteiger partial charge on any atom is -0.497 e. The van der Waals surface area contributed by atoms with Crippen LogP contribution in [0.25, 0.3) is 10.9 Å². The fraction of sp³-hybridized carbons (Fsp3) is 0.167. The van der Waals surface area contributed by atoms with Gasteiger partial charge in [0.05, 0.1) is 12.6 Å². The number of benzene rings is 1. The molecule has 1 aromatic heterocycles. The van der Waals surface area contributed by atoms with Crippen LogP contribution in [0.2, 0.25) is 5.15 Å². The predicted octanol–water partition coefficient (Wildman–Crippen LogP) is 2.82. The number of halogens is 1. The Morgan fingerprint density at radius 3 is 2.76 bits per heavy atom. The molecular formula is C12H10ClNO3. The summed E-state index contributed by atoms with van der Waals surface area (Å²) >= 11 is 5.85. The lowest BCUT2D eigenvalue weighted by Gasteiger charge is -2.07. The number of esters is 1. The molecule has 0 fully saturated rings. The zero-order valence-corrected chi connectivity index (χ0v) is 10.1. The number of pyridine rings is 1. The van der Waals surface area contributed by atoms with Crippen LogP contribution in [-0.2, 0) is 4.79 Å². The molecule has 0 saturated carbocycles. The molecule has 0 N–H and O–H groups in total. The molecule has 1 aromatic carbocycles. The number of rotatable bonds is 2. The summed E-state index contributed by atoms with van der Waals surface area (Å²) in [5, 5.41) is 0.961. The van der Waals surface area contributed by atoms with Crippen molar-refractivity contribution in [2.24, 2.45) is 0 Å². The zero-order chi connectivity index (χ0) is 12.4. The average Bonchev–Trinajstić information content (AvgIpc) is 2.27. The molecule has 17 heavy (non-hydrogen) atoms. The van der Waals surface area contributed by atoms with Gasteiger partial charge in [-0.05, 0) is 18.2 Å². The number of nitrogens with zero attached hydrogens (tertiary/aromatic N) is 1. The van der Waals surface area contributed by atoms with E-state index >= 15 is 0 Å². The van der Waals surface area contributed by atoms with Crippen LogP contribution in [0.4, 0.5) is 0 Å². The molecule has 2 aromatic rings. The van der Waals surface area contributed by atoms with E-state index in [1.807, 2.05) is 0 Å². The number of aromatic nitrogens is 1. The van der Waals surface area contributed by atoms with E-state index in [1.54, 1.807) is 25.3 Å². The van der Waals surface area contributed by atoms with Gasteiger partial charge < -0.3 is 9.47 Å². The topological polar surface area (TPSA) is 48.4 Å². The number of fused-ring (bicyclic) bond motifs is 1. The molecule has 0 spiro atoms. The number of hydrogen-bond acceptors (Lipinski definition) is 4. The lowest BCUT2D eigenvalue weighted by atomic mass is 10.2. The summed E-state index contributed by atoms with van der Waals surface area (Å²) in [6.07, 6.45) is 0. The smallest absolute Gasteiger partial charge is 0.308 e. The molecule has 0 aliphatic carbocycles. The maximum atomic E-state index is 11.0. The SMILES string of the molecule is COc1ccc2nc(Cl)cc(OC(C)=O)c2c1. The van der Waals surface area contributed by atoms with E-state index in [0.717, 1.165) is 0 Å². The molecule has 0 aliphatic rings. The molecule has 1 heterocycles. The Morgan fingerprint density at radius 2 is 2.12 bits per heavy atom. The van der Waals surface area contributed by atoms with Gasteiger partial charge in [-0.1, -0.05) is 11.6 Å². The summed E-state index contributed by atoms with van der Waals surface area (Å²) in [7, 11) is 1.57. The van der Waals surface area contributed by atoms with Crippen molar-refractivity contribution in [3.8, 4) is 11.5 Å².